The summed E-state index contributed by atoms with van der Waals surface area (Å²) in [5.74, 6) is -0.136. The Morgan fingerprint density at radius 1 is 0.966 bits per heavy atom. The van der Waals surface area contributed by atoms with Crippen LogP contribution in [-0.4, -0.2) is 42.4 Å². The van der Waals surface area contributed by atoms with Crippen LogP contribution in [0.4, 0.5) is 0 Å². The Kier molecular flexibility index (Phi) is 6.32. The van der Waals surface area contributed by atoms with Crippen molar-refractivity contribution >= 4 is 17.8 Å². The van der Waals surface area contributed by atoms with Crippen LogP contribution in [-0.2, 0) is 4.74 Å². The molecule has 1 heterocycles. The fraction of sp³-hybridized carbons (Fsp3) is 0.348. The number of imide groups is 1. The van der Waals surface area contributed by atoms with Crippen molar-refractivity contribution in [3.63, 3.8) is 0 Å². The van der Waals surface area contributed by atoms with Crippen molar-refractivity contribution < 1.29 is 23.9 Å². The van der Waals surface area contributed by atoms with Crippen molar-refractivity contribution in [1.82, 2.24) is 4.90 Å². The maximum Gasteiger partial charge on any atom is 0.338 e. The van der Waals surface area contributed by atoms with Crippen molar-refractivity contribution in [2.45, 2.75) is 27.2 Å². The summed E-state index contributed by atoms with van der Waals surface area (Å²) in [7, 11) is 0. The zero-order valence-electron chi connectivity index (χ0n) is 16.9. The van der Waals surface area contributed by atoms with E-state index in [-0.39, 0.29) is 36.2 Å². The summed E-state index contributed by atoms with van der Waals surface area (Å²) < 4.78 is 10.8. The molecule has 152 valence electrons. The molecule has 0 unspecified atom stereocenters. The van der Waals surface area contributed by atoms with E-state index in [1.54, 1.807) is 0 Å². The molecule has 6 heteroatoms. The van der Waals surface area contributed by atoms with Gasteiger partial charge in [-0.25, -0.2) is 4.79 Å². The van der Waals surface area contributed by atoms with Gasteiger partial charge in [-0.05, 0) is 49.6 Å². The Labute approximate surface area is 170 Å². The van der Waals surface area contributed by atoms with E-state index in [0.29, 0.717) is 23.8 Å². The first kappa shape index (κ1) is 20.6. The van der Waals surface area contributed by atoms with Gasteiger partial charge in [-0.3, -0.25) is 14.5 Å². The number of nitrogens with zero attached hydrogens (tertiary/aromatic N) is 1. The Hall–Kier alpha value is -3.15. The standard InChI is InChI=1S/C23H25NO5/c1-15(2)10-11-24-21(25)19-9-6-17(14-20(19)22(24)26)23(27)29-13-12-28-18-7-4-16(3)5-8-18/h4-9,14-15H,10-13H2,1-3H3. The number of carbonyl (C=O) groups is 3. The minimum absolute atomic E-state index is 0.0805. The van der Waals surface area contributed by atoms with Gasteiger partial charge in [0.15, 0.2) is 0 Å². The highest BCUT2D eigenvalue weighted by molar-refractivity contribution is 6.21. The van der Waals surface area contributed by atoms with Crippen molar-refractivity contribution in [2.24, 2.45) is 5.92 Å². The molecular formula is C23H25NO5. The van der Waals surface area contributed by atoms with Gasteiger partial charge in [0.2, 0.25) is 0 Å². The average molecular weight is 395 g/mol. The van der Waals surface area contributed by atoms with Gasteiger partial charge in [0.25, 0.3) is 11.8 Å². The van der Waals surface area contributed by atoms with E-state index in [1.807, 2.05) is 45.0 Å². The lowest BCUT2D eigenvalue weighted by Crippen LogP contribution is -2.31. The van der Waals surface area contributed by atoms with Crippen molar-refractivity contribution in [3.05, 3.63) is 64.7 Å². The molecule has 0 saturated heterocycles. The summed E-state index contributed by atoms with van der Waals surface area (Å²) in [6, 6.07) is 12.1. The lowest BCUT2D eigenvalue weighted by atomic mass is 10.1. The van der Waals surface area contributed by atoms with Crippen LogP contribution in [0, 0.1) is 12.8 Å². The van der Waals surface area contributed by atoms with Crippen LogP contribution in [0.15, 0.2) is 42.5 Å². The number of ether oxygens (including phenoxy) is 2. The third kappa shape index (κ3) is 4.83. The van der Waals surface area contributed by atoms with Crippen LogP contribution in [0.5, 0.6) is 5.75 Å². The first-order valence-electron chi connectivity index (χ1n) is 9.73. The van der Waals surface area contributed by atoms with E-state index < -0.39 is 5.97 Å². The van der Waals surface area contributed by atoms with E-state index in [9.17, 15) is 14.4 Å². The van der Waals surface area contributed by atoms with Gasteiger partial charge >= 0.3 is 5.97 Å². The largest absolute Gasteiger partial charge is 0.490 e. The highest BCUT2D eigenvalue weighted by Gasteiger charge is 2.35. The lowest BCUT2D eigenvalue weighted by molar-refractivity contribution is 0.0450. The van der Waals surface area contributed by atoms with Gasteiger partial charge in [0.05, 0.1) is 16.7 Å². The molecule has 0 atom stereocenters. The Morgan fingerprint density at radius 2 is 1.66 bits per heavy atom. The predicted octanol–water partition coefficient (Wildman–Crippen LogP) is 3.87. The molecule has 0 N–H and O–H groups in total. The summed E-state index contributed by atoms with van der Waals surface area (Å²) >= 11 is 0. The topological polar surface area (TPSA) is 72.9 Å². The molecule has 3 rings (SSSR count). The number of aryl methyl sites for hydroxylation is 1. The average Bonchev–Trinajstić information content (AvgIpc) is 2.94. The van der Waals surface area contributed by atoms with Crippen molar-refractivity contribution in [2.75, 3.05) is 19.8 Å². The second kappa shape index (κ2) is 8.90. The van der Waals surface area contributed by atoms with Gasteiger partial charge in [-0.1, -0.05) is 31.5 Å². The van der Waals surface area contributed by atoms with Crippen LogP contribution in [0.3, 0.4) is 0 Å². The monoisotopic (exact) mass is 395 g/mol. The summed E-state index contributed by atoms with van der Waals surface area (Å²) in [6.45, 7) is 6.74. The molecule has 0 aliphatic carbocycles. The molecule has 0 radical (unpaired) electrons. The van der Waals surface area contributed by atoms with E-state index in [4.69, 9.17) is 9.47 Å². The number of esters is 1. The highest BCUT2D eigenvalue weighted by Crippen LogP contribution is 2.25. The Balaban J connectivity index is 1.57. The van der Waals surface area contributed by atoms with E-state index >= 15 is 0 Å². The molecule has 0 saturated carbocycles. The highest BCUT2D eigenvalue weighted by atomic mass is 16.6. The molecule has 2 aromatic rings. The Bertz CT molecular complexity index is 917. The van der Waals surface area contributed by atoms with Gasteiger partial charge in [-0.2, -0.15) is 0 Å². The fourth-order valence-electron chi connectivity index (χ4n) is 3.02. The van der Waals surface area contributed by atoms with Crippen LogP contribution >= 0.6 is 0 Å². The SMILES string of the molecule is Cc1ccc(OCCOC(=O)c2ccc3c(c2)C(=O)N(CCC(C)C)C3=O)cc1. The quantitative estimate of drug-likeness (QED) is 0.385. The third-order valence-corrected chi connectivity index (χ3v) is 4.74. The smallest absolute Gasteiger partial charge is 0.338 e. The summed E-state index contributed by atoms with van der Waals surface area (Å²) in [4.78, 5) is 38.6. The zero-order valence-corrected chi connectivity index (χ0v) is 16.9. The van der Waals surface area contributed by atoms with E-state index in [2.05, 4.69) is 0 Å². The van der Waals surface area contributed by atoms with Crippen LogP contribution < -0.4 is 4.74 Å². The van der Waals surface area contributed by atoms with E-state index in [0.717, 1.165) is 12.0 Å². The van der Waals surface area contributed by atoms with Gasteiger partial charge in [0.1, 0.15) is 19.0 Å². The molecule has 2 aromatic carbocycles. The minimum Gasteiger partial charge on any atom is -0.490 e. The fourth-order valence-corrected chi connectivity index (χ4v) is 3.02. The van der Waals surface area contributed by atoms with E-state index in [1.165, 1.54) is 23.1 Å². The molecule has 0 aromatic heterocycles. The van der Waals surface area contributed by atoms with Gasteiger partial charge in [0, 0.05) is 6.54 Å². The van der Waals surface area contributed by atoms with Crippen LogP contribution in [0.25, 0.3) is 0 Å². The molecule has 6 nitrogen and oxygen atoms in total. The van der Waals surface area contributed by atoms with Crippen LogP contribution in [0.2, 0.25) is 0 Å². The molecular weight excluding hydrogens is 370 g/mol. The van der Waals surface area contributed by atoms with Crippen molar-refractivity contribution in [3.8, 4) is 5.75 Å². The number of rotatable bonds is 8. The number of fused-ring (bicyclic) bond motifs is 1. The minimum atomic E-state index is -0.554. The maximum absolute atomic E-state index is 12.6. The summed E-state index contributed by atoms with van der Waals surface area (Å²) in [6.07, 6.45) is 0.737. The van der Waals surface area contributed by atoms with Gasteiger partial charge in [-0.15, -0.1) is 0 Å². The second-order valence-corrected chi connectivity index (χ2v) is 7.50. The molecule has 1 aliphatic rings. The Morgan fingerprint density at radius 3 is 2.34 bits per heavy atom. The number of amides is 2. The normalized spacial score (nSPS) is 13.0. The number of hydrogen-bond donors (Lipinski definition) is 0. The first-order valence-corrected chi connectivity index (χ1v) is 9.73. The molecule has 2 amide bonds. The maximum atomic E-state index is 12.6. The first-order chi connectivity index (χ1) is 13.9. The number of carbonyl (C=O) groups excluding carboxylic acids is 3. The molecule has 0 bridgehead atoms. The number of hydrogen-bond acceptors (Lipinski definition) is 5. The third-order valence-electron chi connectivity index (χ3n) is 4.74. The van der Waals surface area contributed by atoms with Crippen molar-refractivity contribution in [1.29, 1.82) is 0 Å². The summed E-state index contributed by atoms with van der Waals surface area (Å²) in [5, 5.41) is 0. The second-order valence-electron chi connectivity index (χ2n) is 7.50. The molecule has 29 heavy (non-hydrogen) atoms. The zero-order chi connectivity index (χ0) is 21.0. The van der Waals surface area contributed by atoms with Crippen LogP contribution in [0.1, 0.15) is 56.9 Å². The lowest BCUT2D eigenvalue weighted by Gasteiger charge is -2.14. The molecule has 0 spiro atoms. The number of benzene rings is 2. The molecule has 1 aliphatic heterocycles. The predicted molar refractivity (Wildman–Crippen MR) is 108 cm³/mol. The molecule has 0 fully saturated rings. The van der Waals surface area contributed by atoms with Gasteiger partial charge < -0.3 is 9.47 Å². The summed E-state index contributed by atoms with van der Waals surface area (Å²) in [5.41, 5.74) is 1.96.